The normalized spacial score (nSPS) is 15.8. The van der Waals surface area contributed by atoms with Gasteiger partial charge in [-0.3, -0.25) is 9.59 Å². The van der Waals surface area contributed by atoms with Crippen LogP contribution in [0.4, 0.5) is 0 Å². The minimum atomic E-state index is -0.561. The number of hydrogen-bond acceptors (Lipinski definition) is 4. The Morgan fingerprint density at radius 1 is 1.19 bits per heavy atom. The largest absolute Gasteiger partial charge is 0.483 e. The van der Waals surface area contributed by atoms with Crippen molar-refractivity contribution in [1.82, 2.24) is 9.80 Å². The van der Waals surface area contributed by atoms with Crippen molar-refractivity contribution in [1.29, 1.82) is 0 Å². The highest BCUT2D eigenvalue weighted by Crippen LogP contribution is 2.20. The Kier molecular flexibility index (Phi) is 5.16. The van der Waals surface area contributed by atoms with Gasteiger partial charge in [0.15, 0.2) is 6.61 Å². The van der Waals surface area contributed by atoms with Gasteiger partial charge in [0.2, 0.25) is 0 Å². The molecule has 0 radical (unpaired) electrons. The Labute approximate surface area is 124 Å². The molecule has 1 saturated heterocycles. The van der Waals surface area contributed by atoms with E-state index < -0.39 is 5.91 Å². The molecule has 6 nitrogen and oxygen atoms in total. The number of ether oxygens (including phenoxy) is 1. The second kappa shape index (κ2) is 7.08. The summed E-state index contributed by atoms with van der Waals surface area (Å²) in [6, 6.07) is 6.94. The third-order valence-electron chi connectivity index (χ3n) is 3.59. The van der Waals surface area contributed by atoms with Crippen LogP contribution in [-0.4, -0.2) is 60.9 Å². The van der Waals surface area contributed by atoms with E-state index in [9.17, 15) is 9.59 Å². The number of benzene rings is 1. The van der Waals surface area contributed by atoms with Gasteiger partial charge >= 0.3 is 0 Å². The minimum Gasteiger partial charge on any atom is -0.483 e. The van der Waals surface area contributed by atoms with E-state index in [-0.39, 0.29) is 12.5 Å². The van der Waals surface area contributed by atoms with Gasteiger partial charge in [-0.25, -0.2) is 0 Å². The first-order valence-corrected chi connectivity index (χ1v) is 7.13. The SMILES string of the molecule is CCN1CCN(C(=O)c2ccccc2OCC(N)=O)CC1. The van der Waals surface area contributed by atoms with Crippen LogP contribution in [0.1, 0.15) is 17.3 Å². The highest BCUT2D eigenvalue weighted by atomic mass is 16.5. The van der Waals surface area contributed by atoms with Gasteiger partial charge in [-0.1, -0.05) is 19.1 Å². The van der Waals surface area contributed by atoms with Gasteiger partial charge in [-0.2, -0.15) is 0 Å². The molecule has 1 heterocycles. The molecular formula is C15H21N3O3. The average Bonchev–Trinajstić information content (AvgIpc) is 2.52. The summed E-state index contributed by atoms with van der Waals surface area (Å²) in [6.07, 6.45) is 0. The lowest BCUT2D eigenvalue weighted by molar-refractivity contribution is -0.119. The third-order valence-corrected chi connectivity index (χ3v) is 3.59. The van der Waals surface area contributed by atoms with E-state index in [0.717, 1.165) is 19.6 Å². The van der Waals surface area contributed by atoms with Crippen molar-refractivity contribution < 1.29 is 14.3 Å². The van der Waals surface area contributed by atoms with Crippen LogP contribution < -0.4 is 10.5 Å². The van der Waals surface area contributed by atoms with Gasteiger partial charge < -0.3 is 20.3 Å². The summed E-state index contributed by atoms with van der Waals surface area (Å²) in [6.45, 7) is 6.06. The fourth-order valence-electron chi connectivity index (χ4n) is 2.36. The number of nitrogens with two attached hydrogens (primary N) is 1. The number of nitrogens with zero attached hydrogens (tertiary/aromatic N) is 2. The molecule has 0 unspecified atom stereocenters. The second-order valence-corrected chi connectivity index (χ2v) is 4.98. The van der Waals surface area contributed by atoms with E-state index in [4.69, 9.17) is 10.5 Å². The van der Waals surface area contributed by atoms with E-state index >= 15 is 0 Å². The van der Waals surface area contributed by atoms with Crippen molar-refractivity contribution in [3.8, 4) is 5.75 Å². The van der Waals surface area contributed by atoms with Gasteiger partial charge in [0, 0.05) is 26.2 Å². The first-order chi connectivity index (χ1) is 10.1. The molecule has 0 aliphatic carbocycles. The molecule has 1 fully saturated rings. The molecular weight excluding hydrogens is 270 g/mol. The van der Waals surface area contributed by atoms with Crippen molar-refractivity contribution in [2.75, 3.05) is 39.3 Å². The van der Waals surface area contributed by atoms with Gasteiger partial charge in [0.25, 0.3) is 11.8 Å². The molecule has 0 saturated carbocycles. The van der Waals surface area contributed by atoms with Crippen LogP contribution >= 0.6 is 0 Å². The number of piperazine rings is 1. The molecule has 2 amide bonds. The Hall–Kier alpha value is -2.08. The Morgan fingerprint density at radius 2 is 1.86 bits per heavy atom. The summed E-state index contributed by atoms with van der Waals surface area (Å²) < 4.78 is 5.32. The summed E-state index contributed by atoms with van der Waals surface area (Å²) in [5.41, 5.74) is 5.55. The Bertz CT molecular complexity index is 511. The van der Waals surface area contributed by atoms with Gasteiger partial charge in [0.05, 0.1) is 5.56 Å². The fraction of sp³-hybridized carbons (Fsp3) is 0.467. The molecule has 0 spiro atoms. The van der Waals surface area contributed by atoms with E-state index in [2.05, 4.69) is 11.8 Å². The first kappa shape index (κ1) is 15.3. The van der Waals surface area contributed by atoms with Crippen LogP contribution in [0.5, 0.6) is 5.75 Å². The molecule has 21 heavy (non-hydrogen) atoms. The number of carbonyl (C=O) groups excluding carboxylic acids is 2. The number of carbonyl (C=O) groups is 2. The summed E-state index contributed by atoms with van der Waals surface area (Å²) in [7, 11) is 0. The maximum absolute atomic E-state index is 12.6. The molecule has 1 aliphatic rings. The summed E-state index contributed by atoms with van der Waals surface area (Å²) in [5, 5.41) is 0. The number of para-hydroxylation sites is 1. The average molecular weight is 291 g/mol. The predicted molar refractivity (Wildman–Crippen MR) is 79.1 cm³/mol. The molecule has 2 rings (SSSR count). The fourth-order valence-corrected chi connectivity index (χ4v) is 2.36. The van der Waals surface area contributed by atoms with Crippen LogP contribution in [0.2, 0.25) is 0 Å². The van der Waals surface area contributed by atoms with E-state index in [1.165, 1.54) is 0 Å². The minimum absolute atomic E-state index is 0.0641. The van der Waals surface area contributed by atoms with Crippen LogP contribution in [0.25, 0.3) is 0 Å². The van der Waals surface area contributed by atoms with Gasteiger partial charge in [-0.05, 0) is 18.7 Å². The number of primary amides is 1. The van der Waals surface area contributed by atoms with Crippen LogP contribution in [0.15, 0.2) is 24.3 Å². The van der Waals surface area contributed by atoms with Crippen LogP contribution in [0.3, 0.4) is 0 Å². The standard InChI is InChI=1S/C15H21N3O3/c1-2-17-7-9-18(10-8-17)15(20)12-5-3-4-6-13(12)21-11-14(16)19/h3-6H,2,7-11H2,1H3,(H2,16,19). The lowest BCUT2D eigenvalue weighted by Crippen LogP contribution is -2.48. The number of likely N-dealkylation sites (N-methyl/N-ethyl adjacent to an activating group) is 1. The molecule has 1 aliphatic heterocycles. The molecule has 0 atom stereocenters. The Morgan fingerprint density at radius 3 is 2.48 bits per heavy atom. The van der Waals surface area contributed by atoms with Crippen molar-refractivity contribution in [3.63, 3.8) is 0 Å². The molecule has 0 aromatic heterocycles. The topological polar surface area (TPSA) is 75.9 Å². The van der Waals surface area contributed by atoms with Gasteiger partial charge in [0.1, 0.15) is 5.75 Å². The maximum atomic E-state index is 12.6. The highest BCUT2D eigenvalue weighted by Gasteiger charge is 2.23. The smallest absolute Gasteiger partial charge is 0.257 e. The van der Waals surface area contributed by atoms with Gasteiger partial charge in [-0.15, -0.1) is 0 Å². The zero-order valence-electron chi connectivity index (χ0n) is 12.2. The molecule has 114 valence electrons. The van der Waals surface area contributed by atoms with E-state index in [1.807, 2.05) is 4.90 Å². The van der Waals surface area contributed by atoms with Crippen LogP contribution in [-0.2, 0) is 4.79 Å². The first-order valence-electron chi connectivity index (χ1n) is 7.13. The molecule has 1 aromatic rings. The van der Waals surface area contributed by atoms with Crippen LogP contribution in [0, 0.1) is 0 Å². The summed E-state index contributed by atoms with van der Waals surface area (Å²) in [5.74, 6) is -0.223. The van der Waals surface area contributed by atoms with Crippen molar-refractivity contribution in [3.05, 3.63) is 29.8 Å². The summed E-state index contributed by atoms with van der Waals surface area (Å²) in [4.78, 5) is 27.5. The zero-order valence-corrected chi connectivity index (χ0v) is 12.2. The number of rotatable bonds is 5. The highest BCUT2D eigenvalue weighted by molar-refractivity contribution is 5.97. The summed E-state index contributed by atoms with van der Waals surface area (Å²) >= 11 is 0. The second-order valence-electron chi connectivity index (χ2n) is 4.98. The zero-order chi connectivity index (χ0) is 15.2. The molecule has 6 heteroatoms. The quantitative estimate of drug-likeness (QED) is 0.848. The molecule has 2 N–H and O–H groups in total. The lowest BCUT2D eigenvalue weighted by Gasteiger charge is -2.34. The number of hydrogen-bond donors (Lipinski definition) is 1. The molecule has 1 aromatic carbocycles. The third kappa shape index (κ3) is 3.95. The van der Waals surface area contributed by atoms with Crippen molar-refractivity contribution in [2.24, 2.45) is 5.73 Å². The monoisotopic (exact) mass is 291 g/mol. The predicted octanol–water partition coefficient (Wildman–Crippen LogP) is 0.328. The Balaban J connectivity index is 2.07. The van der Waals surface area contributed by atoms with Crippen molar-refractivity contribution >= 4 is 11.8 Å². The van der Waals surface area contributed by atoms with Crippen molar-refractivity contribution in [2.45, 2.75) is 6.92 Å². The van der Waals surface area contributed by atoms with E-state index in [0.29, 0.717) is 24.4 Å². The number of amides is 2. The van der Waals surface area contributed by atoms with E-state index in [1.54, 1.807) is 24.3 Å². The maximum Gasteiger partial charge on any atom is 0.257 e. The molecule has 0 bridgehead atoms. The lowest BCUT2D eigenvalue weighted by atomic mass is 10.1.